The lowest BCUT2D eigenvalue weighted by atomic mass is 9.79. The number of ether oxygens (including phenoxy) is 1. The van der Waals surface area contributed by atoms with E-state index in [2.05, 4.69) is 5.32 Å². The molecule has 3 N–H and O–H groups in total. The summed E-state index contributed by atoms with van der Waals surface area (Å²) in [6, 6.07) is 0.0450. The van der Waals surface area contributed by atoms with Crippen molar-refractivity contribution in [2.24, 2.45) is 11.7 Å². The fourth-order valence-corrected chi connectivity index (χ4v) is 2.89. The summed E-state index contributed by atoms with van der Waals surface area (Å²) < 4.78 is 5.49. The summed E-state index contributed by atoms with van der Waals surface area (Å²) in [7, 11) is 1.73. The predicted molar refractivity (Wildman–Crippen MR) is 66.5 cm³/mol. The zero-order valence-electron chi connectivity index (χ0n) is 10.7. The Bertz CT molecular complexity index is 271. The number of nitrogens with one attached hydrogen (secondary N) is 1. The number of amides is 1. The van der Waals surface area contributed by atoms with Crippen molar-refractivity contribution in [2.75, 3.05) is 13.7 Å². The molecular weight excluding hydrogens is 216 g/mol. The molecule has 2 rings (SSSR count). The summed E-state index contributed by atoms with van der Waals surface area (Å²) >= 11 is 0. The molecule has 0 aromatic rings. The second-order valence-corrected chi connectivity index (χ2v) is 5.51. The highest BCUT2D eigenvalue weighted by Gasteiger charge is 2.38. The van der Waals surface area contributed by atoms with Crippen LogP contribution >= 0.6 is 0 Å². The molecule has 0 aliphatic heterocycles. The monoisotopic (exact) mass is 240 g/mol. The molecule has 0 saturated heterocycles. The molecule has 2 atom stereocenters. The highest BCUT2D eigenvalue weighted by atomic mass is 16.5. The molecule has 2 aliphatic carbocycles. The maximum atomic E-state index is 12.1. The zero-order chi connectivity index (χ0) is 12.3. The number of hydrogen-bond donors (Lipinski definition) is 2. The third kappa shape index (κ3) is 2.80. The average Bonchev–Trinajstić information content (AvgIpc) is 2.28. The molecule has 0 heterocycles. The molecule has 0 aromatic heterocycles. The molecule has 4 heteroatoms. The first-order valence-electron chi connectivity index (χ1n) is 6.75. The highest BCUT2D eigenvalue weighted by Crippen LogP contribution is 2.34. The van der Waals surface area contributed by atoms with Crippen molar-refractivity contribution in [1.29, 1.82) is 0 Å². The summed E-state index contributed by atoms with van der Waals surface area (Å²) in [6.45, 7) is 0.644. The molecule has 0 spiro atoms. The van der Waals surface area contributed by atoms with Crippen LogP contribution in [0.4, 0.5) is 0 Å². The Kier molecular flexibility index (Phi) is 4.05. The van der Waals surface area contributed by atoms with Gasteiger partial charge < -0.3 is 15.8 Å². The molecule has 17 heavy (non-hydrogen) atoms. The number of nitrogens with two attached hydrogens (primary N) is 1. The van der Waals surface area contributed by atoms with Gasteiger partial charge in [0.2, 0.25) is 5.91 Å². The largest absolute Gasteiger partial charge is 0.376 e. The summed E-state index contributed by atoms with van der Waals surface area (Å²) in [5, 5.41) is 3.03. The van der Waals surface area contributed by atoms with Crippen molar-refractivity contribution in [1.82, 2.24) is 5.32 Å². The molecule has 0 aromatic carbocycles. The van der Waals surface area contributed by atoms with Gasteiger partial charge in [0.15, 0.2) is 0 Å². The van der Waals surface area contributed by atoms with Gasteiger partial charge in [-0.2, -0.15) is 0 Å². The average molecular weight is 240 g/mol. The van der Waals surface area contributed by atoms with E-state index in [1.165, 1.54) is 6.42 Å². The van der Waals surface area contributed by atoms with Crippen LogP contribution in [0, 0.1) is 5.92 Å². The number of carbonyl (C=O) groups excluding carboxylic acids is 1. The Labute approximate surface area is 103 Å². The molecule has 1 amide bonds. The van der Waals surface area contributed by atoms with Crippen molar-refractivity contribution in [2.45, 2.75) is 56.6 Å². The van der Waals surface area contributed by atoms with E-state index in [1.54, 1.807) is 7.11 Å². The van der Waals surface area contributed by atoms with Gasteiger partial charge in [-0.1, -0.05) is 12.8 Å². The van der Waals surface area contributed by atoms with Crippen LogP contribution in [0.5, 0.6) is 0 Å². The van der Waals surface area contributed by atoms with Crippen LogP contribution in [0.3, 0.4) is 0 Å². The zero-order valence-corrected chi connectivity index (χ0v) is 10.7. The van der Waals surface area contributed by atoms with Crippen molar-refractivity contribution in [3.8, 4) is 0 Å². The molecule has 2 saturated carbocycles. The van der Waals surface area contributed by atoms with Crippen LogP contribution in [0.2, 0.25) is 0 Å². The van der Waals surface area contributed by atoms with Crippen LogP contribution in [-0.2, 0) is 9.53 Å². The van der Waals surface area contributed by atoms with E-state index in [0.717, 1.165) is 38.5 Å². The SMILES string of the molecule is COC1(CNC(=O)C2CCCCC2N)CCC1. The van der Waals surface area contributed by atoms with Gasteiger partial charge in [0.1, 0.15) is 0 Å². The van der Waals surface area contributed by atoms with Gasteiger partial charge in [-0.05, 0) is 32.1 Å². The van der Waals surface area contributed by atoms with Crippen LogP contribution in [-0.4, -0.2) is 31.2 Å². The van der Waals surface area contributed by atoms with Gasteiger partial charge in [0.05, 0.1) is 11.5 Å². The Morgan fingerprint density at radius 3 is 2.59 bits per heavy atom. The van der Waals surface area contributed by atoms with Crippen LogP contribution in [0.1, 0.15) is 44.9 Å². The van der Waals surface area contributed by atoms with Crippen LogP contribution in [0.25, 0.3) is 0 Å². The lowest BCUT2D eigenvalue weighted by Crippen LogP contribution is -2.52. The third-order valence-corrected chi connectivity index (χ3v) is 4.44. The lowest BCUT2D eigenvalue weighted by Gasteiger charge is -2.41. The fraction of sp³-hybridized carbons (Fsp3) is 0.923. The maximum absolute atomic E-state index is 12.1. The maximum Gasteiger partial charge on any atom is 0.224 e. The summed E-state index contributed by atoms with van der Waals surface area (Å²) in [4.78, 5) is 12.1. The summed E-state index contributed by atoms with van der Waals surface area (Å²) in [5.41, 5.74) is 5.92. The van der Waals surface area contributed by atoms with Gasteiger partial charge in [-0.3, -0.25) is 4.79 Å². The van der Waals surface area contributed by atoms with E-state index in [4.69, 9.17) is 10.5 Å². The van der Waals surface area contributed by atoms with E-state index in [9.17, 15) is 4.79 Å². The summed E-state index contributed by atoms with van der Waals surface area (Å²) in [6.07, 6.45) is 7.52. The minimum atomic E-state index is -0.0889. The predicted octanol–water partition coefficient (Wildman–Crippen LogP) is 1.19. The molecular formula is C13H24N2O2. The Morgan fingerprint density at radius 1 is 1.35 bits per heavy atom. The Morgan fingerprint density at radius 2 is 2.06 bits per heavy atom. The number of carbonyl (C=O) groups is 1. The van der Waals surface area contributed by atoms with Crippen molar-refractivity contribution in [3.05, 3.63) is 0 Å². The van der Waals surface area contributed by atoms with Gasteiger partial charge >= 0.3 is 0 Å². The molecule has 4 nitrogen and oxygen atoms in total. The highest BCUT2D eigenvalue weighted by molar-refractivity contribution is 5.79. The molecule has 2 fully saturated rings. The second-order valence-electron chi connectivity index (χ2n) is 5.51. The first-order valence-corrected chi connectivity index (χ1v) is 6.75. The van der Waals surface area contributed by atoms with Crippen LogP contribution < -0.4 is 11.1 Å². The number of rotatable bonds is 4. The van der Waals surface area contributed by atoms with Gasteiger partial charge in [-0.15, -0.1) is 0 Å². The van der Waals surface area contributed by atoms with E-state index < -0.39 is 0 Å². The molecule has 2 unspecified atom stereocenters. The molecule has 2 aliphatic rings. The summed E-state index contributed by atoms with van der Waals surface area (Å²) in [5.74, 6) is 0.137. The first kappa shape index (κ1) is 12.8. The quantitative estimate of drug-likeness (QED) is 0.776. The van der Waals surface area contributed by atoms with Crippen molar-refractivity contribution in [3.63, 3.8) is 0 Å². The lowest BCUT2D eigenvalue weighted by molar-refractivity contribution is -0.130. The fourth-order valence-electron chi connectivity index (χ4n) is 2.89. The molecule has 0 radical (unpaired) electrons. The van der Waals surface area contributed by atoms with Gasteiger partial charge in [0, 0.05) is 19.7 Å². The topological polar surface area (TPSA) is 64.3 Å². The van der Waals surface area contributed by atoms with E-state index in [-0.39, 0.29) is 23.5 Å². The second kappa shape index (κ2) is 5.36. The van der Waals surface area contributed by atoms with Crippen molar-refractivity contribution >= 4 is 5.91 Å². The van der Waals surface area contributed by atoms with Gasteiger partial charge in [0.25, 0.3) is 0 Å². The minimum Gasteiger partial charge on any atom is -0.376 e. The minimum absolute atomic E-state index is 0.0118. The Balaban J connectivity index is 1.80. The Hall–Kier alpha value is -0.610. The van der Waals surface area contributed by atoms with Crippen molar-refractivity contribution < 1.29 is 9.53 Å². The normalized spacial score (nSPS) is 31.6. The molecule has 0 bridgehead atoms. The molecule has 98 valence electrons. The van der Waals surface area contributed by atoms with E-state index in [0.29, 0.717) is 6.54 Å². The number of hydrogen-bond acceptors (Lipinski definition) is 3. The number of methoxy groups -OCH3 is 1. The van der Waals surface area contributed by atoms with E-state index in [1.807, 2.05) is 0 Å². The van der Waals surface area contributed by atoms with Gasteiger partial charge in [-0.25, -0.2) is 0 Å². The van der Waals surface area contributed by atoms with E-state index >= 15 is 0 Å². The third-order valence-electron chi connectivity index (χ3n) is 4.44. The standard InChI is InChI=1S/C13H24N2O2/c1-17-13(7-4-8-13)9-15-12(16)10-5-2-3-6-11(10)14/h10-11H,2-9,14H2,1H3,(H,15,16). The van der Waals surface area contributed by atoms with Crippen LogP contribution in [0.15, 0.2) is 0 Å². The smallest absolute Gasteiger partial charge is 0.224 e. The first-order chi connectivity index (χ1) is 8.17.